The lowest BCUT2D eigenvalue weighted by atomic mass is 9.78. The van der Waals surface area contributed by atoms with Crippen molar-refractivity contribution in [2.45, 2.75) is 18.4 Å². The molecule has 0 saturated carbocycles. The smallest absolute Gasteiger partial charge is 0.416 e. The average Bonchev–Trinajstić information content (AvgIpc) is 2.78. The summed E-state index contributed by atoms with van der Waals surface area (Å²) in [4.78, 5) is 0. The molecule has 26 heavy (non-hydrogen) atoms. The molecule has 0 amide bonds. The summed E-state index contributed by atoms with van der Waals surface area (Å²) in [5.41, 5.74) is -0.110. The summed E-state index contributed by atoms with van der Waals surface area (Å²) in [7, 11) is 0. The van der Waals surface area contributed by atoms with Crippen molar-refractivity contribution in [3.8, 4) is 5.75 Å². The zero-order chi connectivity index (χ0) is 18.4. The van der Waals surface area contributed by atoms with Gasteiger partial charge < -0.3 is 9.84 Å². The number of halogens is 3. The van der Waals surface area contributed by atoms with E-state index in [4.69, 9.17) is 4.74 Å². The van der Waals surface area contributed by atoms with Crippen LogP contribution in [0.1, 0.15) is 27.8 Å². The molecular weight excluding hydrogens is 341 g/mol. The van der Waals surface area contributed by atoms with E-state index in [1.54, 1.807) is 36.4 Å². The van der Waals surface area contributed by atoms with Crippen LogP contribution in [0.4, 0.5) is 13.2 Å². The van der Waals surface area contributed by atoms with Crippen molar-refractivity contribution >= 4 is 0 Å². The molecule has 0 spiro atoms. The number of hydrogen-bond acceptors (Lipinski definition) is 2. The second-order valence-corrected chi connectivity index (χ2v) is 6.23. The fourth-order valence-electron chi connectivity index (χ4n) is 3.40. The van der Waals surface area contributed by atoms with Gasteiger partial charge in [0.1, 0.15) is 18.0 Å². The summed E-state index contributed by atoms with van der Waals surface area (Å²) in [6, 6.07) is 18.9. The number of ether oxygens (including phenoxy) is 1. The molecule has 4 rings (SSSR count). The maximum Gasteiger partial charge on any atom is 0.416 e. The molecule has 1 heterocycles. The van der Waals surface area contributed by atoms with E-state index < -0.39 is 17.3 Å². The third-order valence-electron chi connectivity index (χ3n) is 4.70. The molecule has 1 unspecified atom stereocenters. The molecule has 0 aliphatic carbocycles. The van der Waals surface area contributed by atoms with E-state index in [-0.39, 0.29) is 6.61 Å². The normalized spacial score (nSPS) is 19.1. The van der Waals surface area contributed by atoms with E-state index in [1.807, 2.05) is 12.1 Å². The fourth-order valence-corrected chi connectivity index (χ4v) is 3.40. The number of alkyl halides is 3. The SMILES string of the molecule is OC1(c2ccc(C(F)(F)F)cc2)c2ccccc2COc2ccccc21. The van der Waals surface area contributed by atoms with Gasteiger partial charge in [-0.2, -0.15) is 13.2 Å². The Bertz CT molecular complexity index is 898. The van der Waals surface area contributed by atoms with Gasteiger partial charge in [0.2, 0.25) is 0 Å². The Hall–Kier alpha value is -2.79. The minimum atomic E-state index is -4.43. The van der Waals surface area contributed by atoms with Crippen LogP contribution in [0.3, 0.4) is 0 Å². The first-order chi connectivity index (χ1) is 12.4. The third-order valence-corrected chi connectivity index (χ3v) is 4.70. The quantitative estimate of drug-likeness (QED) is 0.673. The Kier molecular flexibility index (Phi) is 3.77. The summed E-state index contributed by atoms with van der Waals surface area (Å²) in [5.74, 6) is 0.506. The molecule has 0 aromatic heterocycles. The summed E-state index contributed by atoms with van der Waals surface area (Å²) in [6.45, 7) is 0.274. The number of rotatable bonds is 1. The molecule has 0 saturated heterocycles. The first kappa shape index (κ1) is 16.7. The van der Waals surface area contributed by atoms with Crippen LogP contribution in [0.2, 0.25) is 0 Å². The molecule has 2 nitrogen and oxygen atoms in total. The second-order valence-electron chi connectivity index (χ2n) is 6.23. The van der Waals surface area contributed by atoms with Crippen LogP contribution in [0, 0.1) is 0 Å². The number of benzene rings is 3. The van der Waals surface area contributed by atoms with Gasteiger partial charge in [0.25, 0.3) is 0 Å². The Morgan fingerprint density at radius 2 is 1.42 bits per heavy atom. The van der Waals surface area contributed by atoms with Gasteiger partial charge in [-0.25, -0.2) is 0 Å². The largest absolute Gasteiger partial charge is 0.488 e. The second kappa shape index (κ2) is 5.88. The van der Waals surface area contributed by atoms with Crippen molar-refractivity contribution in [2.24, 2.45) is 0 Å². The maximum absolute atomic E-state index is 12.9. The van der Waals surface area contributed by atoms with E-state index >= 15 is 0 Å². The number of para-hydroxylation sites is 1. The monoisotopic (exact) mass is 356 g/mol. The highest BCUT2D eigenvalue weighted by Gasteiger charge is 2.40. The molecule has 1 atom stereocenters. The number of aliphatic hydroxyl groups is 1. The van der Waals surface area contributed by atoms with Crippen molar-refractivity contribution in [3.63, 3.8) is 0 Å². The molecule has 1 N–H and O–H groups in total. The van der Waals surface area contributed by atoms with Crippen LogP contribution in [0.25, 0.3) is 0 Å². The Morgan fingerprint density at radius 1 is 0.808 bits per heavy atom. The topological polar surface area (TPSA) is 29.5 Å². The van der Waals surface area contributed by atoms with Gasteiger partial charge in [0.05, 0.1) is 5.56 Å². The first-order valence-corrected chi connectivity index (χ1v) is 8.11. The van der Waals surface area contributed by atoms with Gasteiger partial charge in [-0.3, -0.25) is 0 Å². The molecule has 0 bridgehead atoms. The summed E-state index contributed by atoms with van der Waals surface area (Å²) in [6.07, 6.45) is -4.43. The molecule has 0 radical (unpaired) electrons. The highest BCUT2D eigenvalue weighted by atomic mass is 19.4. The van der Waals surface area contributed by atoms with E-state index in [2.05, 4.69) is 0 Å². The van der Waals surface area contributed by atoms with Crippen molar-refractivity contribution < 1.29 is 23.0 Å². The molecule has 1 aliphatic heterocycles. The Morgan fingerprint density at radius 3 is 2.12 bits per heavy atom. The van der Waals surface area contributed by atoms with Gasteiger partial charge >= 0.3 is 6.18 Å². The lowest BCUT2D eigenvalue weighted by Crippen LogP contribution is -2.29. The van der Waals surface area contributed by atoms with Crippen LogP contribution >= 0.6 is 0 Å². The fraction of sp³-hybridized carbons (Fsp3) is 0.143. The van der Waals surface area contributed by atoms with E-state index in [0.717, 1.165) is 17.7 Å². The highest BCUT2D eigenvalue weighted by molar-refractivity contribution is 5.56. The van der Waals surface area contributed by atoms with Crippen molar-refractivity contribution in [1.29, 1.82) is 0 Å². The van der Waals surface area contributed by atoms with Crippen LogP contribution < -0.4 is 4.74 Å². The van der Waals surface area contributed by atoms with Crippen LogP contribution in [0.15, 0.2) is 72.8 Å². The van der Waals surface area contributed by atoms with Gasteiger partial charge in [0, 0.05) is 5.56 Å². The highest BCUT2D eigenvalue weighted by Crippen LogP contribution is 2.45. The lowest BCUT2D eigenvalue weighted by molar-refractivity contribution is -0.137. The van der Waals surface area contributed by atoms with E-state index in [9.17, 15) is 18.3 Å². The van der Waals surface area contributed by atoms with Crippen molar-refractivity contribution in [2.75, 3.05) is 0 Å². The molecule has 3 aromatic carbocycles. The van der Waals surface area contributed by atoms with Gasteiger partial charge in [-0.1, -0.05) is 54.6 Å². The van der Waals surface area contributed by atoms with Crippen molar-refractivity contribution in [1.82, 2.24) is 0 Å². The first-order valence-electron chi connectivity index (χ1n) is 8.11. The summed E-state index contributed by atoms with van der Waals surface area (Å²) >= 11 is 0. The van der Waals surface area contributed by atoms with Crippen LogP contribution in [-0.2, 0) is 18.4 Å². The zero-order valence-electron chi connectivity index (χ0n) is 13.6. The average molecular weight is 356 g/mol. The zero-order valence-corrected chi connectivity index (χ0v) is 13.6. The van der Waals surface area contributed by atoms with E-state index in [0.29, 0.717) is 22.4 Å². The van der Waals surface area contributed by atoms with Crippen molar-refractivity contribution in [3.05, 3.63) is 101 Å². The molecule has 1 aliphatic rings. The standard InChI is InChI=1S/C21H15F3O2/c22-21(23,24)16-11-9-15(10-12-16)20(25)17-6-2-1-5-14(17)13-26-19-8-4-3-7-18(19)20/h1-12,25H,13H2. The Labute approximate surface area is 148 Å². The third kappa shape index (κ3) is 2.56. The maximum atomic E-state index is 12.9. The summed E-state index contributed by atoms with van der Waals surface area (Å²) < 4.78 is 44.6. The Balaban J connectivity index is 1.96. The predicted octanol–water partition coefficient (Wildman–Crippen LogP) is 4.88. The molecule has 5 heteroatoms. The van der Waals surface area contributed by atoms with Crippen LogP contribution in [-0.4, -0.2) is 5.11 Å². The van der Waals surface area contributed by atoms with Gasteiger partial charge in [0.15, 0.2) is 0 Å². The summed E-state index contributed by atoms with van der Waals surface area (Å²) in [5, 5.41) is 11.8. The molecule has 132 valence electrons. The van der Waals surface area contributed by atoms with Gasteiger partial charge in [-0.05, 0) is 34.9 Å². The lowest BCUT2D eigenvalue weighted by Gasteiger charge is -2.30. The number of hydrogen-bond donors (Lipinski definition) is 1. The molecular formula is C21H15F3O2. The number of fused-ring (bicyclic) bond motifs is 2. The minimum Gasteiger partial charge on any atom is -0.488 e. The van der Waals surface area contributed by atoms with Crippen LogP contribution in [0.5, 0.6) is 5.75 Å². The molecule has 0 fully saturated rings. The van der Waals surface area contributed by atoms with Gasteiger partial charge in [-0.15, -0.1) is 0 Å². The molecule has 3 aromatic rings. The minimum absolute atomic E-state index is 0.274. The van der Waals surface area contributed by atoms with E-state index in [1.165, 1.54) is 12.1 Å². The predicted molar refractivity (Wildman–Crippen MR) is 90.8 cm³/mol.